The minimum atomic E-state index is -4.79. The van der Waals surface area contributed by atoms with Gasteiger partial charge in [-0.05, 0) is 48.8 Å². The molecule has 0 aliphatic carbocycles. The van der Waals surface area contributed by atoms with Crippen molar-refractivity contribution in [2.24, 2.45) is 5.10 Å². The summed E-state index contributed by atoms with van der Waals surface area (Å²) in [6.07, 6.45) is -4.54. The fraction of sp³-hybridized carbons (Fsp3) is 0.200. The van der Waals surface area contributed by atoms with Crippen LogP contribution in [-0.2, 0) is 14.6 Å². The fourth-order valence-electron chi connectivity index (χ4n) is 4.13. The van der Waals surface area contributed by atoms with E-state index in [1.54, 1.807) is 12.1 Å². The smallest absolute Gasteiger partial charge is 0.431 e. The first-order valence-corrected chi connectivity index (χ1v) is 13.5. The second-order valence-corrected chi connectivity index (χ2v) is 10.9. The van der Waals surface area contributed by atoms with Crippen LogP contribution in [0.3, 0.4) is 0 Å². The van der Waals surface area contributed by atoms with Gasteiger partial charge in [0.25, 0.3) is 0 Å². The highest BCUT2D eigenvalue weighted by Crippen LogP contribution is 2.34. The summed E-state index contributed by atoms with van der Waals surface area (Å²) in [6, 6.07) is 14.2. The molecular formula is C25H23BF4N4O4S. The van der Waals surface area contributed by atoms with Gasteiger partial charge >= 0.3 is 13.2 Å². The number of hydrogen-bond acceptors (Lipinski definition) is 7. The Bertz CT molecular complexity index is 1550. The van der Waals surface area contributed by atoms with E-state index in [0.29, 0.717) is 5.69 Å². The SMILES string of the molecule is CB(O)Nc1cccc(N2N=C(C(F)(F)F)CC2C(=O)Nc2ccc(-c3ccccc3S(C)(=O)=O)cc2F)c1. The highest BCUT2D eigenvalue weighted by atomic mass is 32.2. The summed E-state index contributed by atoms with van der Waals surface area (Å²) in [4.78, 5) is 13.1. The molecule has 39 heavy (non-hydrogen) atoms. The highest BCUT2D eigenvalue weighted by molar-refractivity contribution is 7.90. The Balaban J connectivity index is 1.62. The average Bonchev–Trinajstić information content (AvgIpc) is 3.31. The average molecular weight is 562 g/mol. The standard InChI is InChI=1S/C25H23BF4N4O4S/c1-26(36)32-16-6-5-7-17(13-16)34-21(14-23(33-34)25(28,29)30)24(35)31-20-11-10-15(12-19(20)27)18-8-3-4-9-22(18)39(2,37)38/h3-13,21,32,36H,14H2,1-2H3,(H,31,35). The summed E-state index contributed by atoms with van der Waals surface area (Å²) in [5, 5.41) is 19.1. The molecular weight excluding hydrogens is 539 g/mol. The molecule has 1 heterocycles. The number of carbonyl (C=O) groups excluding carboxylic acids is 1. The number of hydrogen-bond donors (Lipinski definition) is 3. The first-order chi connectivity index (χ1) is 18.2. The molecule has 3 N–H and O–H groups in total. The van der Waals surface area contributed by atoms with E-state index >= 15 is 4.39 Å². The zero-order valence-electron chi connectivity index (χ0n) is 20.7. The van der Waals surface area contributed by atoms with Crippen LogP contribution in [0.2, 0.25) is 6.82 Å². The lowest BCUT2D eigenvalue weighted by Gasteiger charge is -2.23. The van der Waals surface area contributed by atoms with Crippen LogP contribution in [0.5, 0.6) is 0 Å². The molecule has 0 saturated heterocycles. The Morgan fingerprint density at radius 1 is 1.10 bits per heavy atom. The molecule has 3 aromatic carbocycles. The van der Waals surface area contributed by atoms with Crippen molar-refractivity contribution in [2.75, 3.05) is 21.8 Å². The zero-order valence-corrected chi connectivity index (χ0v) is 21.5. The molecule has 1 atom stereocenters. The van der Waals surface area contributed by atoms with E-state index in [4.69, 9.17) is 0 Å². The van der Waals surface area contributed by atoms with Crippen molar-refractivity contribution in [1.82, 2.24) is 0 Å². The predicted molar refractivity (Wildman–Crippen MR) is 142 cm³/mol. The summed E-state index contributed by atoms with van der Waals surface area (Å²) >= 11 is 0. The molecule has 3 aromatic rings. The summed E-state index contributed by atoms with van der Waals surface area (Å²) in [5.74, 6) is -1.84. The topological polar surface area (TPSA) is 111 Å². The maximum Gasteiger partial charge on any atom is 0.431 e. The fourth-order valence-corrected chi connectivity index (χ4v) is 5.04. The number of halogens is 4. The van der Waals surface area contributed by atoms with Crippen molar-refractivity contribution in [1.29, 1.82) is 0 Å². The van der Waals surface area contributed by atoms with E-state index in [-0.39, 0.29) is 27.4 Å². The molecule has 0 spiro atoms. The predicted octanol–water partition coefficient (Wildman–Crippen LogP) is 4.55. The van der Waals surface area contributed by atoms with Crippen LogP contribution < -0.4 is 15.6 Å². The first-order valence-electron chi connectivity index (χ1n) is 11.6. The first kappa shape index (κ1) is 28.1. The van der Waals surface area contributed by atoms with Gasteiger partial charge in [0.15, 0.2) is 9.84 Å². The molecule has 0 bridgehead atoms. The van der Waals surface area contributed by atoms with Gasteiger partial charge in [0, 0.05) is 23.9 Å². The second-order valence-electron chi connectivity index (χ2n) is 8.93. The van der Waals surface area contributed by atoms with Crippen molar-refractivity contribution in [3.05, 3.63) is 72.5 Å². The van der Waals surface area contributed by atoms with Crippen molar-refractivity contribution in [3.63, 3.8) is 0 Å². The third kappa shape index (κ3) is 6.40. The maximum absolute atomic E-state index is 15.1. The van der Waals surface area contributed by atoms with E-state index < -0.39 is 53.0 Å². The number of nitrogens with one attached hydrogen (secondary N) is 2. The van der Waals surface area contributed by atoms with E-state index in [9.17, 15) is 31.4 Å². The van der Waals surface area contributed by atoms with Gasteiger partial charge in [-0.25, -0.2) is 12.8 Å². The monoisotopic (exact) mass is 562 g/mol. The number of benzene rings is 3. The number of hydrazone groups is 1. The van der Waals surface area contributed by atoms with Crippen molar-refractivity contribution in [2.45, 2.75) is 30.4 Å². The van der Waals surface area contributed by atoms with Gasteiger partial charge in [-0.15, -0.1) is 0 Å². The molecule has 1 aliphatic heterocycles. The van der Waals surface area contributed by atoms with Crippen LogP contribution in [0.15, 0.2) is 76.7 Å². The molecule has 0 fully saturated rings. The second kappa shape index (κ2) is 10.7. The van der Waals surface area contributed by atoms with Gasteiger partial charge in [0.05, 0.1) is 16.3 Å². The van der Waals surface area contributed by atoms with E-state index in [0.717, 1.165) is 17.3 Å². The number of amides is 1. The molecule has 8 nitrogen and oxygen atoms in total. The lowest BCUT2D eigenvalue weighted by molar-refractivity contribution is -0.117. The highest BCUT2D eigenvalue weighted by Gasteiger charge is 2.45. The Morgan fingerprint density at radius 3 is 2.46 bits per heavy atom. The maximum atomic E-state index is 15.1. The lowest BCUT2D eigenvalue weighted by Crippen LogP contribution is -2.39. The van der Waals surface area contributed by atoms with E-state index in [1.807, 2.05) is 0 Å². The molecule has 1 unspecified atom stereocenters. The Kier molecular flexibility index (Phi) is 7.71. The van der Waals surface area contributed by atoms with Gasteiger partial charge in [-0.2, -0.15) is 18.3 Å². The molecule has 1 amide bonds. The largest absolute Gasteiger partial charge is 0.433 e. The number of nitrogens with zero attached hydrogens (tertiary/aromatic N) is 2. The summed E-state index contributed by atoms with van der Waals surface area (Å²) in [5.41, 5.74) is -0.455. The van der Waals surface area contributed by atoms with Crippen molar-refractivity contribution < 1.29 is 35.8 Å². The summed E-state index contributed by atoms with van der Waals surface area (Å²) in [6.45, 7) is 1.46. The van der Waals surface area contributed by atoms with Gasteiger partial charge in [0.1, 0.15) is 17.6 Å². The van der Waals surface area contributed by atoms with Gasteiger partial charge in [-0.1, -0.05) is 30.3 Å². The summed E-state index contributed by atoms with van der Waals surface area (Å²) in [7, 11) is -4.56. The van der Waals surface area contributed by atoms with Crippen LogP contribution in [0.4, 0.5) is 34.6 Å². The van der Waals surface area contributed by atoms with Crippen LogP contribution >= 0.6 is 0 Å². The normalized spacial score (nSPS) is 15.6. The number of sulfone groups is 1. The number of anilines is 3. The van der Waals surface area contributed by atoms with Crippen LogP contribution in [0.25, 0.3) is 11.1 Å². The quantitative estimate of drug-likeness (QED) is 0.288. The Hall–Kier alpha value is -3.91. The third-order valence-corrected chi connectivity index (χ3v) is 7.01. The Labute approximate surface area is 222 Å². The minimum Gasteiger partial charge on any atom is -0.433 e. The van der Waals surface area contributed by atoms with Crippen molar-refractivity contribution >= 4 is 45.6 Å². The van der Waals surface area contributed by atoms with Gasteiger partial charge in [-0.3, -0.25) is 9.80 Å². The molecule has 0 aromatic heterocycles. The van der Waals surface area contributed by atoms with Crippen LogP contribution in [-0.4, -0.2) is 50.6 Å². The number of rotatable bonds is 7. The van der Waals surface area contributed by atoms with Gasteiger partial charge in [0.2, 0.25) is 5.91 Å². The van der Waals surface area contributed by atoms with Crippen LogP contribution in [0, 0.1) is 5.82 Å². The van der Waals surface area contributed by atoms with E-state index in [1.165, 1.54) is 55.4 Å². The molecule has 0 radical (unpaired) electrons. The zero-order chi connectivity index (χ0) is 28.5. The Morgan fingerprint density at radius 2 is 1.82 bits per heavy atom. The minimum absolute atomic E-state index is 0.00748. The van der Waals surface area contributed by atoms with Crippen LogP contribution in [0.1, 0.15) is 6.42 Å². The molecule has 14 heteroatoms. The van der Waals surface area contributed by atoms with Crippen molar-refractivity contribution in [3.8, 4) is 11.1 Å². The summed E-state index contributed by atoms with van der Waals surface area (Å²) < 4.78 is 79.8. The number of alkyl halides is 3. The number of carbonyl (C=O) groups is 1. The molecule has 4 rings (SSSR count). The van der Waals surface area contributed by atoms with Gasteiger partial charge < -0.3 is 15.6 Å². The molecule has 1 aliphatic rings. The lowest BCUT2D eigenvalue weighted by atomic mass is 9.88. The van der Waals surface area contributed by atoms with E-state index in [2.05, 4.69) is 15.6 Å². The third-order valence-electron chi connectivity index (χ3n) is 5.85. The molecule has 204 valence electrons. The molecule has 0 saturated carbocycles.